The molecule has 0 amide bonds. The first-order valence-corrected chi connectivity index (χ1v) is 4.61. The van der Waals surface area contributed by atoms with Crippen LogP contribution >= 0.6 is 0 Å². The molecule has 0 aliphatic heterocycles. The smallest absolute Gasteiger partial charge is 0.131 e. The van der Waals surface area contributed by atoms with Gasteiger partial charge in [-0.25, -0.2) is 4.39 Å². The second-order valence-electron chi connectivity index (χ2n) is 3.17. The fourth-order valence-corrected chi connectivity index (χ4v) is 1.50. The van der Waals surface area contributed by atoms with E-state index in [1.54, 1.807) is 36.7 Å². The van der Waals surface area contributed by atoms with Crippen LogP contribution in [-0.2, 0) is 6.61 Å². The van der Waals surface area contributed by atoms with E-state index in [1.165, 1.54) is 6.07 Å². The van der Waals surface area contributed by atoms with Crippen molar-refractivity contribution in [2.75, 3.05) is 0 Å². The topological polar surface area (TPSA) is 33.1 Å². The fraction of sp³-hybridized carbons (Fsp3) is 0.0833. The van der Waals surface area contributed by atoms with Gasteiger partial charge >= 0.3 is 0 Å². The molecule has 2 aromatic rings. The number of benzene rings is 1. The molecule has 2 rings (SSSR count). The summed E-state index contributed by atoms with van der Waals surface area (Å²) in [7, 11) is 0. The Morgan fingerprint density at radius 3 is 2.67 bits per heavy atom. The minimum atomic E-state index is -0.293. The maximum atomic E-state index is 13.5. The maximum absolute atomic E-state index is 13.5. The molecule has 1 aromatic heterocycles. The molecule has 0 saturated carbocycles. The molecular weight excluding hydrogens is 193 g/mol. The summed E-state index contributed by atoms with van der Waals surface area (Å²) in [6.07, 6.45) is 3.13. The lowest BCUT2D eigenvalue weighted by atomic mass is 10.0. The van der Waals surface area contributed by atoms with Gasteiger partial charge in [0.15, 0.2) is 0 Å². The number of hydrogen-bond acceptors (Lipinski definition) is 2. The Morgan fingerprint density at radius 1 is 1.13 bits per heavy atom. The average Bonchev–Trinajstić information content (AvgIpc) is 2.30. The van der Waals surface area contributed by atoms with Crippen LogP contribution in [0.4, 0.5) is 4.39 Å². The highest BCUT2D eigenvalue weighted by Gasteiger charge is 2.07. The minimum Gasteiger partial charge on any atom is -0.392 e. The van der Waals surface area contributed by atoms with E-state index in [4.69, 9.17) is 5.11 Å². The van der Waals surface area contributed by atoms with Gasteiger partial charge in [0.2, 0.25) is 0 Å². The third-order valence-electron chi connectivity index (χ3n) is 2.24. The Labute approximate surface area is 87.0 Å². The predicted molar refractivity (Wildman–Crippen MR) is 55.6 cm³/mol. The van der Waals surface area contributed by atoms with Crippen molar-refractivity contribution < 1.29 is 9.50 Å². The molecule has 0 radical (unpaired) electrons. The molecule has 0 unspecified atom stereocenters. The third kappa shape index (κ3) is 1.87. The normalized spacial score (nSPS) is 10.3. The van der Waals surface area contributed by atoms with Gasteiger partial charge < -0.3 is 5.11 Å². The number of aliphatic hydroxyl groups excluding tert-OH is 1. The molecule has 0 spiro atoms. The zero-order chi connectivity index (χ0) is 10.7. The summed E-state index contributed by atoms with van der Waals surface area (Å²) >= 11 is 0. The van der Waals surface area contributed by atoms with Crippen LogP contribution in [0.1, 0.15) is 5.56 Å². The highest BCUT2D eigenvalue weighted by atomic mass is 19.1. The molecule has 2 nitrogen and oxygen atoms in total. The zero-order valence-electron chi connectivity index (χ0n) is 8.02. The Hall–Kier alpha value is -1.74. The van der Waals surface area contributed by atoms with E-state index in [2.05, 4.69) is 4.98 Å². The van der Waals surface area contributed by atoms with Gasteiger partial charge in [0, 0.05) is 23.5 Å². The van der Waals surface area contributed by atoms with E-state index >= 15 is 0 Å². The van der Waals surface area contributed by atoms with Gasteiger partial charge in [0.1, 0.15) is 5.82 Å². The lowest BCUT2D eigenvalue weighted by Gasteiger charge is -2.07. The minimum absolute atomic E-state index is 0.141. The van der Waals surface area contributed by atoms with Crippen LogP contribution in [0.2, 0.25) is 0 Å². The van der Waals surface area contributed by atoms with Crippen molar-refractivity contribution in [1.29, 1.82) is 0 Å². The van der Waals surface area contributed by atoms with Crippen molar-refractivity contribution in [3.05, 3.63) is 54.1 Å². The predicted octanol–water partition coefficient (Wildman–Crippen LogP) is 2.38. The van der Waals surface area contributed by atoms with Crippen molar-refractivity contribution in [1.82, 2.24) is 4.98 Å². The van der Waals surface area contributed by atoms with Gasteiger partial charge in [0.05, 0.1) is 6.61 Å². The molecule has 76 valence electrons. The van der Waals surface area contributed by atoms with E-state index in [1.807, 2.05) is 0 Å². The lowest BCUT2D eigenvalue weighted by molar-refractivity contribution is 0.282. The summed E-state index contributed by atoms with van der Waals surface area (Å²) in [5.74, 6) is -0.293. The molecule has 0 aliphatic carbocycles. The van der Waals surface area contributed by atoms with E-state index < -0.39 is 0 Å². The lowest BCUT2D eigenvalue weighted by Crippen LogP contribution is -1.92. The van der Waals surface area contributed by atoms with Crippen molar-refractivity contribution in [3.63, 3.8) is 0 Å². The summed E-state index contributed by atoms with van der Waals surface area (Å²) in [5.41, 5.74) is 1.80. The largest absolute Gasteiger partial charge is 0.392 e. The van der Waals surface area contributed by atoms with Crippen molar-refractivity contribution in [3.8, 4) is 11.1 Å². The first-order valence-electron chi connectivity index (χ1n) is 4.61. The van der Waals surface area contributed by atoms with Crippen molar-refractivity contribution in [2.45, 2.75) is 6.61 Å². The zero-order valence-corrected chi connectivity index (χ0v) is 8.02. The van der Waals surface area contributed by atoms with Gasteiger partial charge in [-0.3, -0.25) is 4.98 Å². The monoisotopic (exact) mass is 203 g/mol. The van der Waals surface area contributed by atoms with Crippen LogP contribution in [0.15, 0.2) is 42.7 Å². The molecule has 3 heteroatoms. The van der Waals surface area contributed by atoms with E-state index in [9.17, 15) is 4.39 Å². The molecule has 1 heterocycles. The SMILES string of the molecule is OCc1cnccc1-c1ccccc1F. The highest BCUT2D eigenvalue weighted by Crippen LogP contribution is 2.25. The standard InChI is InChI=1S/C12H10FNO/c13-12-4-2-1-3-11(12)10-5-6-14-7-9(10)8-15/h1-7,15H,8H2. The number of halogens is 1. The maximum Gasteiger partial charge on any atom is 0.131 e. The van der Waals surface area contributed by atoms with Crippen LogP contribution in [0.25, 0.3) is 11.1 Å². The first-order chi connectivity index (χ1) is 7.33. The third-order valence-corrected chi connectivity index (χ3v) is 2.24. The Morgan fingerprint density at radius 2 is 1.93 bits per heavy atom. The Bertz CT molecular complexity index is 471. The molecule has 15 heavy (non-hydrogen) atoms. The van der Waals surface area contributed by atoms with Crippen LogP contribution in [-0.4, -0.2) is 10.1 Å². The van der Waals surface area contributed by atoms with Crippen LogP contribution in [0, 0.1) is 5.82 Å². The van der Waals surface area contributed by atoms with Gasteiger partial charge in [-0.1, -0.05) is 18.2 Å². The summed E-state index contributed by atoms with van der Waals surface area (Å²) in [6, 6.07) is 8.18. The van der Waals surface area contributed by atoms with E-state index in [-0.39, 0.29) is 12.4 Å². The van der Waals surface area contributed by atoms with Gasteiger partial charge in [-0.2, -0.15) is 0 Å². The Kier molecular flexibility index (Phi) is 2.74. The summed E-state index contributed by atoms with van der Waals surface area (Å²) in [5, 5.41) is 9.11. The van der Waals surface area contributed by atoms with Crippen LogP contribution < -0.4 is 0 Å². The number of nitrogens with zero attached hydrogens (tertiary/aromatic N) is 1. The number of pyridine rings is 1. The second kappa shape index (κ2) is 4.19. The van der Waals surface area contributed by atoms with Gasteiger partial charge in [-0.15, -0.1) is 0 Å². The highest BCUT2D eigenvalue weighted by molar-refractivity contribution is 5.67. The molecular formula is C12H10FNO. The molecule has 0 bridgehead atoms. The van der Waals surface area contributed by atoms with Gasteiger partial charge in [-0.05, 0) is 17.7 Å². The first kappa shape index (κ1) is 9.80. The summed E-state index contributed by atoms with van der Waals surface area (Å²) < 4.78 is 13.5. The van der Waals surface area contributed by atoms with E-state index in [0.29, 0.717) is 16.7 Å². The fourth-order valence-electron chi connectivity index (χ4n) is 1.50. The number of aromatic nitrogens is 1. The van der Waals surface area contributed by atoms with Crippen LogP contribution in [0.5, 0.6) is 0 Å². The number of aliphatic hydroxyl groups is 1. The van der Waals surface area contributed by atoms with Crippen molar-refractivity contribution in [2.24, 2.45) is 0 Å². The van der Waals surface area contributed by atoms with Crippen LogP contribution in [0.3, 0.4) is 0 Å². The second-order valence-corrected chi connectivity index (χ2v) is 3.17. The summed E-state index contributed by atoms with van der Waals surface area (Å²) in [4.78, 5) is 3.89. The molecule has 0 atom stereocenters. The molecule has 1 N–H and O–H groups in total. The van der Waals surface area contributed by atoms with Gasteiger partial charge in [0.25, 0.3) is 0 Å². The van der Waals surface area contributed by atoms with E-state index in [0.717, 1.165) is 0 Å². The Balaban J connectivity index is 2.59. The quantitative estimate of drug-likeness (QED) is 0.812. The molecule has 0 saturated heterocycles. The number of hydrogen-bond donors (Lipinski definition) is 1. The number of rotatable bonds is 2. The average molecular weight is 203 g/mol. The summed E-state index contributed by atoms with van der Waals surface area (Å²) in [6.45, 7) is -0.141. The molecule has 0 aliphatic rings. The van der Waals surface area contributed by atoms with Crippen molar-refractivity contribution >= 4 is 0 Å². The molecule has 0 fully saturated rings. The molecule has 1 aromatic carbocycles.